The van der Waals surface area contributed by atoms with Crippen molar-refractivity contribution in [1.29, 1.82) is 0 Å². The van der Waals surface area contributed by atoms with E-state index in [9.17, 15) is 0 Å². The second-order valence-electron chi connectivity index (χ2n) is 5.17. The van der Waals surface area contributed by atoms with E-state index < -0.39 is 0 Å². The summed E-state index contributed by atoms with van der Waals surface area (Å²) >= 11 is 5.88. The SMILES string of the molecule is Cc1c(C)n(C)c2c(COc3ccc(Cl)cc3)nccc12.Cl. The Labute approximate surface area is 141 Å². The minimum Gasteiger partial charge on any atom is -0.487 e. The lowest BCUT2D eigenvalue weighted by Gasteiger charge is -2.08. The Bertz CT molecular complexity index is 795. The molecule has 0 saturated carbocycles. The maximum Gasteiger partial charge on any atom is 0.132 e. The molecule has 0 radical (unpaired) electrons. The fourth-order valence-corrected chi connectivity index (χ4v) is 2.70. The van der Waals surface area contributed by atoms with Crippen molar-refractivity contribution in [2.45, 2.75) is 20.5 Å². The van der Waals surface area contributed by atoms with Gasteiger partial charge in [-0.15, -0.1) is 12.4 Å². The van der Waals surface area contributed by atoms with Gasteiger partial charge >= 0.3 is 0 Å². The van der Waals surface area contributed by atoms with Crippen molar-refractivity contribution in [2.24, 2.45) is 7.05 Å². The predicted octanol–water partition coefficient (Wildman–Crippen LogP) is 4.84. The normalized spacial score (nSPS) is 10.5. The summed E-state index contributed by atoms with van der Waals surface area (Å²) in [6.07, 6.45) is 1.84. The minimum atomic E-state index is 0. The largest absolute Gasteiger partial charge is 0.487 e. The Balaban J connectivity index is 0.00000176. The van der Waals surface area contributed by atoms with Crippen molar-refractivity contribution in [1.82, 2.24) is 9.55 Å². The maximum atomic E-state index is 5.88. The molecule has 3 rings (SSSR count). The number of aromatic nitrogens is 2. The van der Waals surface area contributed by atoms with Crippen LogP contribution >= 0.6 is 24.0 Å². The zero-order valence-corrected chi connectivity index (χ0v) is 14.3. The molecule has 0 atom stereocenters. The van der Waals surface area contributed by atoms with Crippen LogP contribution in [0.1, 0.15) is 17.0 Å². The first-order valence-electron chi connectivity index (χ1n) is 6.85. The average molecular weight is 337 g/mol. The maximum absolute atomic E-state index is 5.88. The van der Waals surface area contributed by atoms with Gasteiger partial charge in [0, 0.05) is 29.3 Å². The van der Waals surface area contributed by atoms with Crippen LogP contribution < -0.4 is 4.74 Å². The highest BCUT2D eigenvalue weighted by molar-refractivity contribution is 6.30. The van der Waals surface area contributed by atoms with Gasteiger partial charge in [-0.05, 0) is 49.7 Å². The van der Waals surface area contributed by atoms with E-state index in [1.807, 2.05) is 30.5 Å². The highest BCUT2D eigenvalue weighted by Crippen LogP contribution is 2.26. The second-order valence-corrected chi connectivity index (χ2v) is 5.60. The van der Waals surface area contributed by atoms with Crippen molar-refractivity contribution < 1.29 is 4.74 Å². The number of nitrogens with zero attached hydrogens (tertiary/aromatic N) is 2. The summed E-state index contributed by atoms with van der Waals surface area (Å²) in [6, 6.07) is 9.43. The first-order valence-corrected chi connectivity index (χ1v) is 7.23. The molecule has 2 aromatic heterocycles. The minimum absolute atomic E-state index is 0. The standard InChI is InChI=1S/C17H17ClN2O.ClH/c1-11-12(2)20(3)17-15(11)8-9-19-16(17)10-21-14-6-4-13(18)5-7-14;/h4-9H,10H2,1-3H3;1H. The highest BCUT2D eigenvalue weighted by atomic mass is 35.5. The van der Waals surface area contributed by atoms with E-state index >= 15 is 0 Å². The van der Waals surface area contributed by atoms with Crippen LogP contribution in [0, 0.1) is 13.8 Å². The Morgan fingerprint density at radius 3 is 2.50 bits per heavy atom. The highest BCUT2D eigenvalue weighted by Gasteiger charge is 2.13. The summed E-state index contributed by atoms with van der Waals surface area (Å²) in [4.78, 5) is 4.48. The summed E-state index contributed by atoms with van der Waals surface area (Å²) in [7, 11) is 2.07. The van der Waals surface area contributed by atoms with Gasteiger partial charge in [-0.2, -0.15) is 0 Å². The topological polar surface area (TPSA) is 27.1 Å². The number of hydrogen-bond donors (Lipinski definition) is 0. The number of hydrogen-bond acceptors (Lipinski definition) is 2. The molecule has 22 heavy (non-hydrogen) atoms. The van der Waals surface area contributed by atoms with Crippen LogP contribution in [0.3, 0.4) is 0 Å². The zero-order valence-electron chi connectivity index (χ0n) is 12.8. The van der Waals surface area contributed by atoms with Gasteiger partial charge in [-0.3, -0.25) is 4.98 Å². The second kappa shape index (κ2) is 6.59. The van der Waals surface area contributed by atoms with Crippen molar-refractivity contribution in [3.05, 3.63) is 58.5 Å². The quantitative estimate of drug-likeness (QED) is 0.683. The third-order valence-electron chi connectivity index (χ3n) is 3.97. The van der Waals surface area contributed by atoms with Gasteiger partial charge in [0.05, 0.1) is 5.52 Å². The molecule has 0 aliphatic carbocycles. The number of halogens is 2. The molecule has 0 aliphatic rings. The van der Waals surface area contributed by atoms with E-state index in [-0.39, 0.29) is 12.4 Å². The number of ether oxygens (including phenoxy) is 1. The molecule has 0 bridgehead atoms. The van der Waals surface area contributed by atoms with Crippen molar-refractivity contribution in [3.8, 4) is 5.75 Å². The van der Waals surface area contributed by atoms with Gasteiger partial charge in [0.1, 0.15) is 18.1 Å². The van der Waals surface area contributed by atoms with Crippen LogP contribution in [-0.2, 0) is 13.7 Å². The van der Waals surface area contributed by atoms with Crippen LogP contribution in [0.25, 0.3) is 10.9 Å². The Kier molecular flexibility index (Phi) is 4.99. The molecule has 0 aliphatic heterocycles. The molecule has 3 nitrogen and oxygen atoms in total. The summed E-state index contributed by atoms with van der Waals surface area (Å²) in [6.45, 7) is 4.70. The number of fused-ring (bicyclic) bond motifs is 1. The van der Waals surface area contributed by atoms with E-state index in [0.29, 0.717) is 11.6 Å². The van der Waals surface area contributed by atoms with Gasteiger partial charge in [0.15, 0.2) is 0 Å². The summed E-state index contributed by atoms with van der Waals surface area (Å²) in [5.74, 6) is 0.792. The number of rotatable bonds is 3. The monoisotopic (exact) mass is 336 g/mol. The molecule has 0 saturated heterocycles. The fraction of sp³-hybridized carbons (Fsp3) is 0.235. The van der Waals surface area contributed by atoms with E-state index in [1.165, 1.54) is 16.6 Å². The molecular weight excluding hydrogens is 319 g/mol. The van der Waals surface area contributed by atoms with E-state index in [0.717, 1.165) is 17.0 Å². The molecule has 116 valence electrons. The first kappa shape index (κ1) is 16.7. The third-order valence-corrected chi connectivity index (χ3v) is 4.23. The zero-order chi connectivity index (χ0) is 15.0. The number of aryl methyl sites for hydroxylation is 2. The van der Waals surface area contributed by atoms with E-state index in [2.05, 4.69) is 36.5 Å². The number of pyridine rings is 1. The lowest BCUT2D eigenvalue weighted by molar-refractivity contribution is 0.302. The van der Waals surface area contributed by atoms with Gasteiger partial charge < -0.3 is 9.30 Å². The third kappa shape index (κ3) is 2.92. The van der Waals surface area contributed by atoms with Crippen molar-refractivity contribution in [3.63, 3.8) is 0 Å². The molecule has 0 N–H and O–H groups in total. The van der Waals surface area contributed by atoms with Crippen LogP contribution in [-0.4, -0.2) is 9.55 Å². The smallest absolute Gasteiger partial charge is 0.132 e. The molecular formula is C17H18Cl2N2O. The van der Waals surface area contributed by atoms with Gasteiger partial charge in [0.25, 0.3) is 0 Å². The fourth-order valence-electron chi connectivity index (χ4n) is 2.58. The Morgan fingerprint density at radius 2 is 1.82 bits per heavy atom. The Hall–Kier alpha value is -1.71. The van der Waals surface area contributed by atoms with E-state index in [1.54, 1.807) is 0 Å². The molecule has 3 aromatic rings. The molecule has 0 spiro atoms. The lowest BCUT2D eigenvalue weighted by Crippen LogP contribution is -2.02. The van der Waals surface area contributed by atoms with Crippen LogP contribution in [0.2, 0.25) is 5.02 Å². The molecule has 0 amide bonds. The van der Waals surface area contributed by atoms with Crippen LogP contribution in [0.15, 0.2) is 36.5 Å². The summed E-state index contributed by atoms with van der Waals surface area (Å²) in [5.41, 5.74) is 4.64. The van der Waals surface area contributed by atoms with Gasteiger partial charge in [0.2, 0.25) is 0 Å². The predicted molar refractivity (Wildman–Crippen MR) is 93.2 cm³/mol. The van der Waals surface area contributed by atoms with Gasteiger partial charge in [-0.25, -0.2) is 0 Å². The summed E-state index contributed by atoms with van der Waals surface area (Å²) < 4.78 is 8.00. The molecule has 5 heteroatoms. The van der Waals surface area contributed by atoms with Crippen LogP contribution in [0.4, 0.5) is 0 Å². The average Bonchev–Trinajstić information content (AvgIpc) is 2.72. The molecule has 0 unspecified atom stereocenters. The van der Waals surface area contributed by atoms with E-state index in [4.69, 9.17) is 16.3 Å². The first-order chi connectivity index (χ1) is 10.1. The number of benzene rings is 1. The molecule has 0 fully saturated rings. The van der Waals surface area contributed by atoms with Crippen molar-refractivity contribution >= 4 is 34.9 Å². The van der Waals surface area contributed by atoms with Gasteiger partial charge in [-0.1, -0.05) is 11.6 Å². The van der Waals surface area contributed by atoms with Crippen LogP contribution in [0.5, 0.6) is 5.75 Å². The van der Waals surface area contributed by atoms with Crippen molar-refractivity contribution in [2.75, 3.05) is 0 Å². The molecule has 1 aromatic carbocycles. The summed E-state index contributed by atoms with van der Waals surface area (Å²) in [5, 5.41) is 1.94. The lowest BCUT2D eigenvalue weighted by atomic mass is 10.2. The Morgan fingerprint density at radius 1 is 1.14 bits per heavy atom. The molecule has 2 heterocycles.